The third-order valence-corrected chi connectivity index (χ3v) is 2.60. The Labute approximate surface area is 116 Å². The van der Waals surface area contributed by atoms with Crippen molar-refractivity contribution in [1.29, 1.82) is 0 Å². The molecule has 0 fully saturated rings. The molecule has 6 heteroatoms. The minimum absolute atomic E-state index is 0.254. The van der Waals surface area contributed by atoms with Gasteiger partial charge in [0.15, 0.2) is 0 Å². The lowest BCUT2D eigenvalue weighted by molar-refractivity contribution is 0.102. The van der Waals surface area contributed by atoms with Crippen LogP contribution in [0.4, 0.5) is 11.4 Å². The van der Waals surface area contributed by atoms with E-state index in [9.17, 15) is 4.79 Å². The SMILES string of the molecule is COCCOc1cccc(NC(=O)c2cc(N)c[nH]2)c1. The number of H-pyrrole nitrogens is 1. The summed E-state index contributed by atoms with van der Waals surface area (Å²) in [6.07, 6.45) is 1.57. The molecule has 0 radical (unpaired) electrons. The minimum atomic E-state index is -0.254. The quantitative estimate of drug-likeness (QED) is 0.702. The Morgan fingerprint density at radius 2 is 2.20 bits per heavy atom. The lowest BCUT2D eigenvalue weighted by Crippen LogP contribution is -2.12. The molecular formula is C14H17N3O3. The number of benzene rings is 1. The second kappa shape index (κ2) is 6.63. The monoisotopic (exact) mass is 275 g/mol. The Kier molecular flexibility index (Phi) is 4.62. The van der Waals surface area contributed by atoms with E-state index in [1.807, 2.05) is 6.07 Å². The van der Waals surface area contributed by atoms with Crippen LogP contribution in [0, 0.1) is 0 Å². The highest BCUT2D eigenvalue weighted by Crippen LogP contribution is 2.18. The van der Waals surface area contributed by atoms with Crippen LogP contribution in [0.2, 0.25) is 0 Å². The van der Waals surface area contributed by atoms with Gasteiger partial charge in [-0.3, -0.25) is 4.79 Å². The van der Waals surface area contributed by atoms with Crippen molar-refractivity contribution in [2.24, 2.45) is 0 Å². The van der Waals surface area contributed by atoms with E-state index in [4.69, 9.17) is 15.2 Å². The van der Waals surface area contributed by atoms with Gasteiger partial charge < -0.3 is 25.5 Å². The first-order valence-corrected chi connectivity index (χ1v) is 6.16. The largest absolute Gasteiger partial charge is 0.491 e. The van der Waals surface area contributed by atoms with Crippen molar-refractivity contribution in [3.8, 4) is 5.75 Å². The van der Waals surface area contributed by atoms with Crippen LogP contribution in [0.1, 0.15) is 10.5 Å². The van der Waals surface area contributed by atoms with E-state index in [-0.39, 0.29) is 5.91 Å². The van der Waals surface area contributed by atoms with Gasteiger partial charge in [0.25, 0.3) is 5.91 Å². The number of nitrogens with two attached hydrogens (primary N) is 1. The average Bonchev–Trinajstić information content (AvgIpc) is 2.86. The van der Waals surface area contributed by atoms with Crippen molar-refractivity contribution >= 4 is 17.3 Å². The predicted octanol–water partition coefficient (Wildman–Crippen LogP) is 1.87. The molecular weight excluding hydrogens is 258 g/mol. The highest BCUT2D eigenvalue weighted by atomic mass is 16.5. The molecule has 2 rings (SSSR count). The van der Waals surface area contributed by atoms with E-state index >= 15 is 0 Å². The van der Waals surface area contributed by atoms with E-state index in [2.05, 4.69) is 10.3 Å². The van der Waals surface area contributed by atoms with Crippen LogP contribution >= 0.6 is 0 Å². The molecule has 0 spiro atoms. The summed E-state index contributed by atoms with van der Waals surface area (Å²) in [6.45, 7) is 0.972. The molecule has 0 aliphatic heterocycles. The van der Waals surface area contributed by atoms with Crippen molar-refractivity contribution in [2.75, 3.05) is 31.4 Å². The number of aromatic amines is 1. The lowest BCUT2D eigenvalue weighted by Gasteiger charge is -2.08. The van der Waals surface area contributed by atoms with Gasteiger partial charge in [-0.25, -0.2) is 0 Å². The van der Waals surface area contributed by atoms with E-state index in [1.54, 1.807) is 37.6 Å². The van der Waals surface area contributed by atoms with E-state index in [0.717, 1.165) is 0 Å². The summed E-state index contributed by atoms with van der Waals surface area (Å²) in [6, 6.07) is 8.74. The summed E-state index contributed by atoms with van der Waals surface area (Å²) in [5, 5.41) is 2.77. The summed E-state index contributed by atoms with van der Waals surface area (Å²) < 4.78 is 10.4. The molecule has 0 aliphatic carbocycles. The molecule has 0 saturated carbocycles. The number of aromatic nitrogens is 1. The first kappa shape index (κ1) is 14.0. The molecule has 0 saturated heterocycles. The molecule has 1 aromatic heterocycles. The fraction of sp³-hybridized carbons (Fsp3) is 0.214. The zero-order chi connectivity index (χ0) is 14.4. The van der Waals surface area contributed by atoms with Crippen molar-refractivity contribution in [2.45, 2.75) is 0 Å². The van der Waals surface area contributed by atoms with E-state index < -0.39 is 0 Å². The Balaban J connectivity index is 1.98. The van der Waals surface area contributed by atoms with Gasteiger partial charge in [0.05, 0.1) is 6.61 Å². The molecule has 4 N–H and O–H groups in total. The lowest BCUT2D eigenvalue weighted by atomic mass is 10.3. The second-order valence-electron chi connectivity index (χ2n) is 4.17. The van der Waals surface area contributed by atoms with E-state index in [1.165, 1.54) is 0 Å². The first-order chi connectivity index (χ1) is 9.69. The summed E-state index contributed by atoms with van der Waals surface area (Å²) in [5.41, 5.74) is 7.14. The number of ether oxygens (including phenoxy) is 2. The smallest absolute Gasteiger partial charge is 0.272 e. The molecule has 6 nitrogen and oxygen atoms in total. The number of carbonyl (C=O) groups is 1. The highest BCUT2D eigenvalue weighted by Gasteiger charge is 2.08. The predicted molar refractivity (Wildman–Crippen MR) is 77.0 cm³/mol. The molecule has 0 atom stereocenters. The second-order valence-corrected chi connectivity index (χ2v) is 4.17. The highest BCUT2D eigenvalue weighted by molar-refractivity contribution is 6.03. The van der Waals surface area contributed by atoms with Gasteiger partial charge in [0, 0.05) is 30.7 Å². The maximum atomic E-state index is 11.9. The van der Waals surface area contributed by atoms with Crippen molar-refractivity contribution in [3.05, 3.63) is 42.2 Å². The number of hydrogen-bond acceptors (Lipinski definition) is 4. The van der Waals surface area contributed by atoms with Gasteiger partial charge in [-0.15, -0.1) is 0 Å². The summed E-state index contributed by atoms with van der Waals surface area (Å²) in [5.74, 6) is 0.418. The molecule has 106 valence electrons. The number of hydrogen-bond donors (Lipinski definition) is 3. The van der Waals surface area contributed by atoms with Crippen LogP contribution in [0.5, 0.6) is 5.75 Å². The minimum Gasteiger partial charge on any atom is -0.491 e. The third-order valence-electron chi connectivity index (χ3n) is 2.60. The number of nitrogens with one attached hydrogen (secondary N) is 2. The maximum Gasteiger partial charge on any atom is 0.272 e. The van der Waals surface area contributed by atoms with Crippen molar-refractivity contribution < 1.29 is 14.3 Å². The summed E-state index contributed by atoms with van der Waals surface area (Å²) in [4.78, 5) is 14.7. The van der Waals surface area contributed by atoms with Crippen molar-refractivity contribution in [1.82, 2.24) is 4.98 Å². The Bertz CT molecular complexity index is 581. The van der Waals surface area contributed by atoms with E-state index in [0.29, 0.717) is 36.0 Å². The first-order valence-electron chi connectivity index (χ1n) is 6.16. The number of carbonyl (C=O) groups excluding carboxylic acids is 1. The topological polar surface area (TPSA) is 89.4 Å². The van der Waals surface area contributed by atoms with Crippen LogP contribution in [0.15, 0.2) is 36.5 Å². The van der Waals surface area contributed by atoms with Crippen molar-refractivity contribution in [3.63, 3.8) is 0 Å². The third kappa shape index (κ3) is 3.76. The molecule has 0 unspecified atom stereocenters. The summed E-state index contributed by atoms with van der Waals surface area (Å²) in [7, 11) is 1.61. The molecule has 1 aromatic carbocycles. The van der Waals surface area contributed by atoms with Gasteiger partial charge in [0.1, 0.15) is 18.1 Å². The molecule has 0 aliphatic rings. The number of nitrogen functional groups attached to an aromatic ring is 1. The number of rotatable bonds is 6. The van der Waals surface area contributed by atoms with Crippen LogP contribution < -0.4 is 15.8 Å². The average molecular weight is 275 g/mol. The van der Waals surface area contributed by atoms with Crippen LogP contribution in [-0.2, 0) is 4.74 Å². The fourth-order valence-electron chi connectivity index (χ4n) is 1.65. The number of methoxy groups -OCH3 is 1. The van der Waals surface area contributed by atoms with Crippen LogP contribution in [0.3, 0.4) is 0 Å². The zero-order valence-electron chi connectivity index (χ0n) is 11.2. The van der Waals surface area contributed by atoms with Gasteiger partial charge in [-0.2, -0.15) is 0 Å². The molecule has 1 heterocycles. The van der Waals surface area contributed by atoms with Crippen LogP contribution in [0.25, 0.3) is 0 Å². The maximum absolute atomic E-state index is 11.9. The zero-order valence-corrected chi connectivity index (χ0v) is 11.2. The number of amides is 1. The van der Waals surface area contributed by atoms with Gasteiger partial charge in [0.2, 0.25) is 0 Å². The number of anilines is 2. The fourth-order valence-corrected chi connectivity index (χ4v) is 1.65. The van der Waals surface area contributed by atoms with Gasteiger partial charge >= 0.3 is 0 Å². The molecule has 0 bridgehead atoms. The van der Waals surface area contributed by atoms with Gasteiger partial charge in [-0.1, -0.05) is 6.07 Å². The van der Waals surface area contributed by atoms with Crippen LogP contribution in [-0.4, -0.2) is 31.2 Å². The Hall–Kier alpha value is -2.47. The van der Waals surface area contributed by atoms with Gasteiger partial charge in [-0.05, 0) is 18.2 Å². The molecule has 1 amide bonds. The Morgan fingerprint density at radius 3 is 2.90 bits per heavy atom. The summed E-state index contributed by atoms with van der Waals surface area (Å²) >= 11 is 0. The Morgan fingerprint density at radius 1 is 1.35 bits per heavy atom. The standard InChI is InChI=1S/C14H17N3O3/c1-19-5-6-20-12-4-2-3-11(8-12)17-14(18)13-7-10(15)9-16-13/h2-4,7-9,16H,5-6,15H2,1H3,(H,17,18). The normalized spacial score (nSPS) is 10.2. The molecule has 2 aromatic rings. The molecule has 20 heavy (non-hydrogen) atoms.